The Hall–Kier alpha value is -2.44. The predicted molar refractivity (Wildman–Crippen MR) is 106 cm³/mol. The maximum atomic E-state index is 12.9. The van der Waals surface area contributed by atoms with Gasteiger partial charge in [0.15, 0.2) is 0 Å². The number of nitrogen functional groups attached to an aromatic ring is 1. The molecule has 2 aromatic heterocycles. The van der Waals surface area contributed by atoms with E-state index in [0.29, 0.717) is 22.7 Å². The number of aryl methyl sites for hydroxylation is 1. The standard InChI is InChI=1S/C21H28N6O/c1-12-9-23-20(26-18(12)22)27-13(2)17(10-25-27)19(28)24-11-21-6-14-3-15(7-21)5-16(4-14)8-21/h9-10,14-16H,3-8,11H2,1-2H3,(H,24,28)(H2,22,23,26). The van der Waals surface area contributed by atoms with Crippen molar-refractivity contribution in [2.45, 2.75) is 52.4 Å². The highest BCUT2D eigenvalue weighted by Gasteiger charge is 2.50. The number of rotatable bonds is 4. The zero-order chi connectivity index (χ0) is 19.5. The molecule has 4 aliphatic rings. The van der Waals surface area contributed by atoms with Gasteiger partial charge in [-0.25, -0.2) is 9.67 Å². The molecule has 0 unspecified atom stereocenters. The summed E-state index contributed by atoms with van der Waals surface area (Å²) in [6.45, 7) is 4.51. The number of nitrogens with one attached hydrogen (secondary N) is 1. The van der Waals surface area contributed by atoms with E-state index >= 15 is 0 Å². The van der Waals surface area contributed by atoms with Gasteiger partial charge in [-0.2, -0.15) is 10.1 Å². The second kappa shape index (κ2) is 6.29. The SMILES string of the molecule is Cc1cnc(-n2ncc(C(=O)NCC34CC5CC(CC(C5)C3)C4)c2C)nc1N. The molecule has 7 nitrogen and oxygen atoms in total. The van der Waals surface area contributed by atoms with Crippen molar-refractivity contribution in [2.24, 2.45) is 23.2 Å². The lowest BCUT2D eigenvalue weighted by atomic mass is 9.49. The molecule has 2 heterocycles. The number of hydrogen-bond acceptors (Lipinski definition) is 5. The van der Waals surface area contributed by atoms with Crippen LogP contribution < -0.4 is 11.1 Å². The van der Waals surface area contributed by atoms with Crippen LogP contribution in [-0.2, 0) is 0 Å². The van der Waals surface area contributed by atoms with E-state index in [0.717, 1.165) is 35.6 Å². The van der Waals surface area contributed by atoms with Crippen LogP contribution in [0.3, 0.4) is 0 Å². The minimum absolute atomic E-state index is 0.0559. The van der Waals surface area contributed by atoms with Gasteiger partial charge < -0.3 is 11.1 Å². The van der Waals surface area contributed by atoms with E-state index < -0.39 is 0 Å². The number of hydrogen-bond donors (Lipinski definition) is 2. The second-order valence-corrected chi connectivity index (χ2v) is 9.39. The van der Waals surface area contributed by atoms with E-state index in [9.17, 15) is 4.79 Å². The van der Waals surface area contributed by atoms with E-state index in [4.69, 9.17) is 5.73 Å². The number of aromatic nitrogens is 4. The predicted octanol–water partition coefficient (Wildman–Crippen LogP) is 2.81. The Morgan fingerprint density at radius 2 is 1.82 bits per heavy atom. The van der Waals surface area contributed by atoms with Crippen molar-refractivity contribution >= 4 is 11.7 Å². The number of carbonyl (C=O) groups is 1. The molecule has 0 aromatic carbocycles. The maximum Gasteiger partial charge on any atom is 0.254 e. The van der Waals surface area contributed by atoms with Crippen LogP contribution in [0.4, 0.5) is 5.82 Å². The summed E-state index contributed by atoms with van der Waals surface area (Å²) >= 11 is 0. The smallest absolute Gasteiger partial charge is 0.254 e. The van der Waals surface area contributed by atoms with E-state index in [1.54, 1.807) is 17.1 Å². The van der Waals surface area contributed by atoms with E-state index in [1.807, 2.05) is 13.8 Å². The van der Waals surface area contributed by atoms with Crippen LogP contribution in [0.2, 0.25) is 0 Å². The molecule has 0 spiro atoms. The van der Waals surface area contributed by atoms with Gasteiger partial charge in [0.25, 0.3) is 11.9 Å². The summed E-state index contributed by atoms with van der Waals surface area (Å²) in [7, 11) is 0. The monoisotopic (exact) mass is 380 g/mol. The summed E-state index contributed by atoms with van der Waals surface area (Å²) in [5, 5.41) is 7.55. The third-order valence-electron chi connectivity index (χ3n) is 7.23. The van der Waals surface area contributed by atoms with Crippen LogP contribution in [0.15, 0.2) is 12.4 Å². The summed E-state index contributed by atoms with van der Waals surface area (Å²) in [5.74, 6) is 3.42. The molecule has 1 amide bonds. The fourth-order valence-corrected chi connectivity index (χ4v) is 6.25. The average molecular weight is 380 g/mol. The molecule has 6 rings (SSSR count). The first kappa shape index (κ1) is 17.6. The fraction of sp³-hybridized carbons (Fsp3) is 0.619. The molecule has 4 fully saturated rings. The van der Waals surface area contributed by atoms with Crippen molar-refractivity contribution in [3.05, 3.63) is 29.2 Å². The number of nitrogens with two attached hydrogens (primary N) is 1. The van der Waals surface area contributed by atoms with Gasteiger partial charge in [0.1, 0.15) is 5.82 Å². The molecule has 4 aliphatic carbocycles. The lowest BCUT2D eigenvalue weighted by molar-refractivity contribution is -0.0503. The van der Waals surface area contributed by atoms with Gasteiger partial charge in [-0.3, -0.25) is 4.79 Å². The molecule has 148 valence electrons. The maximum absolute atomic E-state index is 12.9. The highest BCUT2D eigenvalue weighted by atomic mass is 16.1. The molecule has 2 aromatic rings. The van der Waals surface area contributed by atoms with Crippen LogP contribution in [0.25, 0.3) is 5.95 Å². The minimum atomic E-state index is -0.0559. The summed E-state index contributed by atoms with van der Waals surface area (Å²) in [6.07, 6.45) is 11.4. The molecule has 0 saturated heterocycles. The highest BCUT2D eigenvalue weighted by Crippen LogP contribution is 2.59. The molecule has 0 aliphatic heterocycles. The fourth-order valence-electron chi connectivity index (χ4n) is 6.25. The first-order chi connectivity index (χ1) is 13.4. The zero-order valence-electron chi connectivity index (χ0n) is 16.6. The van der Waals surface area contributed by atoms with Crippen molar-refractivity contribution in [3.63, 3.8) is 0 Å². The lowest BCUT2D eigenvalue weighted by Gasteiger charge is -2.56. The topological polar surface area (TPSA) is 98.7 Å². The number of nitrogens with zero attached hydrogens (tertiary/aromatic N) is 4. The van der Waals surface area contributed by atoms with Crippen molar-refractivity contribution < 1.29 is 4.79 Å². The zero-order valence-corrected chi connectivity index (χ0v) is 16.6. The molecule has 4 saturated carbocycles. The Morgan fingerprint density at radius 1 is 1.18 bits per heavy atom. The summed E-state index contributed by atoms with van der Waals surface area (Å²) in [4.78, 5) is 21.5. The Kier molecular flexibility index (Phi) is 3.96. The highest BCUT2D eigenvalue weighted by molar-refractivity contribution is 5.95. The Labute approximate surface area is 165 Å². The van der Waals surface area contributed by atoms with Crippen LogP contribution in [0, 0.1) is 37.0 Å². The van der Waals surface area contributed by atoms with Crippen molar-refractivity contribution in [1.29, 1.82) is 0 Å². The largest absolute Gasteiger partial charge is 0.383 e. The average Bonchev–Trinajstić information content (AvgIpc) is 3.02. The van der Waals surface area contributed by atoms with Crippen LogP contribution >= 0.6 is 0 Å². The molecule has 3 N–H and O–H groups in total. The Balaban J connectivity index is 1.31. The van der Waals surface area contributed by atoms with Gasteiger partial charge in [0, 0.05) is 18.3 Å². The van der Waals surface area contributed by atoms with E-state index in [2.05, 4.69) is 20.4 Å². The van der Waals surface area contributed by atoms with Crippen molar-refractivity contribution in [2.75, 3.05) is 12.3 Å². The van der Waals surface area contributed by atoms with Gasteiger partial charge in [0.2, 0.25) is 0 Å². The quantitative estimate of drug-likeness (QED) is 0.850. The van der Waals surface area contributed by atoms with Crippen molar-refractivity contribution in [3.8, 4) is 5.95 Å². The van der Waals surface area contributed by atoms with Crippen LogP contribution in [0.5, 0.6) is 0 Å². The first-order valence-electron chi connectivity index (χ1n) is 10.3. The van der Waals surface area contributed by atoms with Gasteiger partial charge in [-0.15, -0.1) is 0 Å². The molecule has 28 heavy (non-hydrogen) atoms. The Morgan fingerprint density at radius 3 is 2.43 bits per heavy atom. The normalized spacial score (nSPS) is 30.6. The lowest BCUT2D eigenvalue weighted by Crippen LogP contribution is -2.51. The van der Waals surface area contributed by atoms with E-state index in [-0.39, 0.29) is 5.91 Å². The Bertz CT molecular complexity index is 898. The molecule has 7 heteroatoms. The summed E-state index contributed by atoms with van der Waals surface area (Å²) in [6, 6.07) is 0. The van der Waals surface area contributed by atoms with Crippen LogP contribution in [-0.4, -0.2) is 32.2 Å². The molecule has 0 radical (unpaired) electrons. The van der Waals surface area contributed by atoms with Gasteiger partial charge >= 0.3 is 0 Å². The number of amides is 1. The van der Waals surface area contributed by atoms with Crippen molar-refractivity contribution in [1.82, 2.24) is 25.1 Å². The van der Waals surface area contributed by atoms with Gasteiger partial charge in [0.05, 0.1) is 17.5 Å². The minimum Gasteiger partial charge on any atom is -0.383 e. The van der Waals surface area contributed by atoms with Crippen LogP contribution in [0.1, 0.15) is 60.1 Å². The number of anilines is 1. The third-order valence-corrected chi connectivity index (χ3v) is 7.23. The molecule has 4 bridgehead atoms. The van der Waals surface area contributed by atoms with E-state index in [1.165, 1.54) is 38.5 Å². The number of carbonyl (C=O) groups excluding carboxylic acids is 1. The summed E-state index contributed by atoms with van der Waals surface area (Å²) in [5.41, 5.74) is 8.34. The van der Waals surface area contributed by atoms with Gasteiger partial charge in [-0.05, 0) is 75.5 Å². The summed E-state index contributed by atoms with van der Waals surface area (Å²) < 4.78 is 1.58. The molecular formula is C21H28N6O. The molecule has 0 atom stereocenters. The molecular weight excluding hydrogens is 352 g/mol. The first-order valence-corrected chi connectivity index (χ1v) is 10.3. The van der Waals surface area contributed by atoms with Gasteiger partial charge in [-0.1, -0.05) is 0 Å². The second-order valence-electron chi connectivity index (χ2n) is 9.39. The third kappa shape index (κ3) is 2.88.